The second kappa shape index (κ2) is 10.2. The summed E-state index contributed by atoms with van der Waals surface area (Å²) in [5.74, 6) is 0.532. The molecule has 2 heterocycles. The number of thiazole rings is 1. The monoisotopic (exact) mass is 529 g/mol. The van der Waals surface area contributed by atoms with Gasteiger partial charge in [0, 0.05) is 50.6 Å². The summed E-state index contributed by atoms with van der Waals surface area (Å²) in [4.78, 5) is 21.3. The number of piperazine rings is 1. The van der Waals surface area contributed by atoms with E-state index in [4.69, 9.17) is 21.3 Å². The molecule has 6 atom stereocenters. The third-order valence-electron chi connectivity index (χ3n) is 8.42. The van der Waals surface area contributed by atoms with Crippen molar-refractivity contribution in [2.24, 2.45) is 23.7 Å². The lowest BCUT2D eigenvalue weighted by atomic mass is 9.57. The molecule has 8 heteroatoms. The summed E-state index contributed by atoms with van der Waals surface area (Å²) in [5.41, 5.74) is 0.914. The second-order valence-electron chi connectivity index (χ2n) is 10.9. The van der Waals surface area contributed by atoms with Crippen molar-refractivity contribution in [1.82, 2.24) is 9.88 Å². The second-order valence-corrected chi connectivity index (χ2v) is 12.4. The first-order chi connectivity index (χ1) is 17.1. The molecule has 6 nitrogen and oxygen atoms in total. The molecule has 2 aromatic rings. The highest BCUT2D eigenvalue weighted by molar-refractivity contribution is 7.22. The van der Waals surface area contributed by atoms with Crippen LogP contribution in [0.25, 0.3) is 10.2 Å². The van der Waals surface area contributed by atoms with Crippen molar-refractivity contribution < 1.29 is 14.6 Å². The van der Waals surface area contributed by atoms with Gasteiger partial charge < -0.3 is 14.7 Å². The van der Waals surface area contributed by atoms with Gasteiger partial charge in [0.05, 0.1) is 22.2 Å². The van der Waals surface area contributed by atoms with Crippen molar-refractivity contribution in [3.8, 4) is 0 Å². The molecule has 2 fully saturated rings. The van der Waals surface area contributed by atoms with E-state index in [1.54, 1.807) is 11.3 Å². The third-order valence-corrected chi connectivity index (χ3v) is 9.73. The molecule has 0 unspecified atom stereocenters. The topological polar surface area (TPSA) is 65.9 Å². The summed E-state index contributed by atoms with van der Waals surface area (Å²) in [6, 6.07) is 5.88. The van der Waals surface area contributed by atoms with Crippen LogP contribution in [0.2, 0.25) is 5.02 Å². The molecule has 1 N–H and O–H groups in total. The van der Waals surface area contributed by atoms with Crippen LogP contribution in [0.3, 0.4) is 0 Å². The number of fused-ring (bicyclic) bond motifs is 2. The molecule has 5 rings (SSSR count). The van der Waals surface area contributed by atoms with Gasteiger partial charge >= 0.3 is 5.97 Å². The summed E-state index contributed by atoms with van der Waals surface area (Å²) >= 11 is 7.87. The van der Waals surface area contributed by atoms with E-state index in [9.17, 15) is 9.90 Å². The number of hydrogen-bond acceptors (Lipinski definition) is 7. The summed E-state index contributed by atoms with van der Waals surface area (Å²) in [7, 11) is 0. The van der Waals surface area contributed by atoms with Crippen molar-refractivity contribution in [3.05, 3.63) is 41.3 Å². The van der Waals surface area contributed by atoms with Gasteiger partial charge in [-0.25, -0.2) is 4.98 Å². The molecule has 2 aliphatic carbocycles. The number of halogens is 1. The van der Waals surface area contributed by atoms with E-state index in [0.717, 1.165) is 71.5 Å². The van der Waals surface area contributed by atoms with Crippen molar-refractivity contribution in [3.63, 3.8) is 0 Å². The van der Waals surface area contributed by atoms with E-state index in [-0.39, 0.29) is 17.8 Å². The van der Waals surface area contributed by atoms with E-state index in [1.807, 2.05) is 25.1 Å². The number of anilines is 1. The van der Waals surface area contributed by atoms with Crippen molar-refractivity contribution in [2.75, 3.05) is 37.6 Å². The molecule has 1 aromatic carbocycles. The minimum atomic E-state index is -1.06. The van der Waals surface area contributed by atoms with Crippen LogP contribution in [-0.4, -0.2) is 65.4 Å². The molecule has 0 spiro atoms. The molecule has 1 aliphatic heterocycles. The Kier molecular flexibility index (Phi) is 7.38. The number of hydrogen-bond donors (Lipinski definition) is 1. The fourth-order valence-electron chi connectivity index (χ4n) is 6.29. The van der Waals surface area contributed by atoms with E-state index in [1.165, 1.54) is 6.92 Å². The van der Waals surface area contributed by atoms with Crippen molar-refractivity contribution in [2.45, 2.75) is 52.2 Å². The minimum absolute atomic E-state index is 0.00100. The predicted molar refractivity (Wildman–Crippen MR) is 145 cm³/mol. The van der Waals surface area contributed by atoms with Crippen LogP contribution in [0.15, 0.2) is 29.8 Å². The molecule has 3 aliphatic rings. The Labute approximate surface area is 223 Å². The van der Waals surface area contributed by atoms with Gasteiger partial charge in [-0.15, -0.1) is 0 Å². The number of carbonyl (C=O) groups excluding carboxylic acids is 1. The molecule has 36 heavy (non-hydrogen) atoms. The number of benzene rings is 1. The van der Waals surface area contributed by atoms with Crippen LogP contribution in [0, 0.1) is 30.1 Å². The van der Waals surface area contributed by atoms with Crippen LogP contribution in [0.1, 0.15) is 40.5 Å². The van der Waals surface area contributed by atoms with Gasteiger partial charge in [0.25, 0.3) is 0 Å². The average Bonchev–Trinajstić information content (AvgIpc) is 3.24. The smallest absolute Gasteiger partial charge is 0.303 e. The molecule has 0 amide bonds. The zero-order chi connectivity index (χ0) is 25.6. The zero-order valence-electron chi connectivity index (χ0n) is 21.5. The predicted octanol–water partition coefficient (Wildman–Crippen LogP) is 5.07. The Morgan fingerprint density at radius 1 is 1.33 bits per heavy atom. The maximum Gasteiger partial charge on any atom is 0.303 e. The summed E-state index contributed by atoms with van der Waals surface area (Å²) in [6.07, 6.45) is 6.94. The van der Waals surface area contributed by atoms with Crippen LogP contribution in [0.5, 0.6) is 0 Å². The van der Waals surface area contributed by atoms with Gasteiger partial charge in [-0.05, 0) is 61.3 Å². The largest absolute Gasteiger partial charge is 0.457 e. The van der Waals surface area contributed by atoms with Gasteiger partial charge in [0.15, 0.2) is 5.13 Å². The maximum absolute atomic E-state index is 11.7. The quantitative estimate of drug-likeness (QED) is 0.430. The number of esters is 1. The standard InChI is InChI=1S/C28H36ClN3O3S/c1-17-13-23-22(7-5-19(3)28(23,34)15-25(17)35-20(4)33)18(2)16-31-9-11-32(12-10-31)27-30-24-8-6-21(29)14-26(24)36-27/h6,8,13-14,18-19,22-23,25,34H,5,7,9-12,16H2,1-4H3/t18-,19+,22-,23+,25+,28+/m0/s1. The average molecular weight is 530 g/mol. The number of rotatable bonds is 5. The van der Waals surface area contributed by atoms with Crippen molar-refractivity contribution >= 4 is 44.3 Å². The first-order valence-corrected chi connectivity index (χ1v) is 14.2. The molecule has 1 aromatic heterocycles. The highest BCUT2D eigenvalue weighted by Gasteiger charge is 2.53. The first-order valence-electron chi connectivity index (χ1n) is 13.0. The van der Waals surface area contributed by atoms with Gasteiger partial charge in [0.2, 0.25) is 0 Å². The molecular formula is C28H36ClN3O3S. The summed E-state index contributed by atoms with van der Waals surface area (Å²) < 4.78 is 6.59. The van der Waals surface area contributed by atoms with E-state index >= 15 is 0 Å². The molecule has 1 saturated carbocycles. The number of carbonyl (C=O) groups is 1. The highest BCUT2D eigenvalue weighted by Crippen LogP contribution is 2.51. The molecule has 194 valence electrons. The SMILES string of the molecule is CC(=O)O[C@@H]1[C][C@@]2(O)[C@H](C)CC[C@@H]([C@@H](C)CN3CCN(c4nc5ccc(Cl)cc5s4)CC3)[C@H]2C=C1C. The van der Waals surface area contributed by atoms with Crippen LogP contribution >= 0.6 is 22.9 Å². The minimum Gasteiger partial charge on any atom is -0.457 e. The van der Waals surface area contributed by atoms with E-state index in [0.29, 0.717) is 11.8 Å². The summed E-state index contributed by atoms with van der Waals surface area (Å²) in [6.45, 7) is 12.7. The normalized spacial score (nSPS) is 32.2. The Morgan fingerprint density at radius 3 is 2.81 bits per heavy atom. The number of nitrogens with zero attached hydrogens (tertiary/aromatic N) is 3. The van der Waals surface area contributed by atoms with E-state index < -0.39 is 11.7 Å². The van der Waals surface area contributed by atoms with Crippen LogP contribution in [0.4, 0.5) is 5.13 Å². The highest BCUT2D eigenvalue weighted by atomic mass is 35.5. The number of aromatic nitrogens is 1. The van der Waals surface area contributed by atoms with Gasteiger partial charge in [0.1, 0.15) is 6.10 Å². The van der Waals surface area contributed by atoms with Crippen LogP contribution < -0.4 is 4.90 Å². The zero-order valence-corrected chi connectivity index (χ0v) is 23.1. The summed E-state index contributed by atoms with van der Waals surface area (Å²) in [5, 5.41) is 13.6. The van der Waals surface area contributed by atoms with Gasteiger partial charge in [-0.2, -0.15) is 0 Å². The lowest BCUT2D eigenvalue weighted by molar-refractivity contribution is -0.148. The van der Waals surface area contributed by atoms with Gasteiger partial charge in [-0.3, -0.25) is 9.69 Å². The lowest BCUT2D eigenvalue weighted by Crippen LogP contribution is -2.57. The Bertz CT molecular complexity index is 1140. The first kappa shape index (κ1) is 26.0. The number of aliphatic hydroxyl groups is 1. The fourth-order valence-corrected chi connectivity index (χ4v) is 7.59. The Balaban J connectivity index is 1.23. The van der Waals surface area contributed by atoms with Gasteiger partial charge in [-0.1, -0.05) is 42.9 Å². The van der Waals surface area contributed by atoms with E-state index in [2.05, 4.69) is 36.1 Å². The Morgan fingerprint density at radius 2 is 2.08 bits per heavy atom. The lowest BCUT2D eigenvalue weighted by Gasteiger charge is -2.53. The Hall–Kier alpha value is -1.67. The van der Waals surface area contributed by atoms with Crippen molar-refractivity contribution in [1.29, 1.82) is 0 Å². The fraction of sp³-hybridized carbons (Fsp3) is 0.607. The molecule has 0 bridgehead atoms. The maximum atomic E-state index is 11.7. The molecule has 2 radical (unpaired) electrons. The number of ether oxygens (including phenoxy) is 1. The third kappa shape index (κ3) is 5.04. The molecule has 1 saturated heterocycles. The van der Waals surface area contributed by atoms with Crippen LogP contribution in [-0.2, 0) is 9.53 Å². The molecular weight excluding hydrogens is 494 g/mol.